The van der Waals surface area contributed by atoms with E-state index in [-0.39, 0.29) is 23.1 Å². The van der Waals surface area contributed by atoms with E-state index >= 15 is 0 Å². The zero-order valence-electron chi connectivity index (χ0n) is 14.3. The molecule has 0 saturated carbocycles. The third kappa shape index (κ3) is 3.71. The van der Waals surface area contributed by atoms with Crippen LogP contribution in [0, 0.1) is 0 Å². The van der Waals surface area contributed by atoms with Crippen LogP contribution >= 0.6 is 0 Å². The van der Waals surface area contributed by atoms with Crippen molar-refractivity contribution in [3.63, 3.8) is 0 Å². The second-order valence-electron chi connectivity index (χ2n) is 6.09. The van der Waals surface area contributed by atoms with E-state index < -0.39 is 12.5 Å². The number of carbonyl (C=O) groups excluding carboxylic acids is 1. The van der Waals surface area contributed by atoms with Gasteiger partial charge in [0.05, 0.1) is 18.7 Å². The molecule has 1 amide bonds. The number of alkyl halides is 2. The maximum atomic E-state index is 12.8. The molecule has 0 saturated heterocycles. The lowest BCUT2D eigenvalue weighted by Crippen LogP contribution is -2.31. The van der Waals surface area contributed by atoms with Crippen LogP contribution in [0.5, 0.6) is 11.5 Å². The number of para-hydroxylation sites is 1. The van der Waals surface area contributed by atoms with Gasteiger partial charge >= 0.3 is 6.61 Å². The van der Waals surface area contributed by atoms with Crippen molar-refractivity contribution in [2.45, 2.75) is 31.9 Å². The van der Waals surface area contributed by atoms with Gasteiger partial charge in [0, 0.05) is 5.69 Å². The summed E-state index contributed by atoms with van der Waals surface area (Å²) in [5, 5.41) is 2.92. The fourth-order valence-corrected chi connectivity index (χ4v) is 3.29. The van der Waals surface area contributed by atoms with Gasteiger partial charge in [-0.25, -0.2) is 0 Å². The van der Waals surface area contributed by atoms with Crippen LogP contribution in [0.15, 0.2) is 36.4 Å². The number of hydrogen-bond acceptors (Lipinski definition) is 4. The number of hydrogen-bond donors (Lipinski definition) is 2. The molecule has 1 unspecified atom stereocenters. The molecule has 1 aliphatic rings. The van der Waals surface area contributed by atoms with E-state index in [4.69, 9.17) is 10.5 Å². The second-order valence-corrected chi connectivity index (χ2v) is 6.09. The van der Waals surface area contributed by atoms with E-state index in [1.807, 2.05) is 12.1 Å². The van der Waals surface area contributed by atoms with E-state index in [1.165, 1.54) is 19.2 Å². The third-order valence-electron chi connectivity index (χ3n) is 4.44. The highest BCUT2D eigenvalue weighted by Gasteiger charge is 2.25. The van der Waals surface area contributed by atoms with E-state index in [9.17, 15) is 13.6 Å². The summed E-state index contributed by atoms with van der Waals surface area (Å²) in [4.78, 5) is 12.7. The fraction of sp³-hybridized carbons (Fsp3) is 0.316. The van der Waals surface area contributed by atoms with Crippen molar-refractivity contribution in [1.82, 2.24) is 5.32 Å². The van der Waals surface area contributed by atoms with Gasteiger partial charge in [0.25, 0.3) is 5.91 Å². The van der Waals surface area contributed by atoms with Crippen LogP contribution < -0.4 is 20.5 Å². The smallest absolute Gasteiger partial charge is 0.387 e. The number of aryl methyl sites for hydroxylation is 1. The first kappa shape index (κ1) is 18.0. The Morgan fingerprint density at radius 1 is 1.31 bits per heavy atom. The predicted molar refractivity (Wildman–Crippen MR) is 93.6 cm³/mol. The number of fused-ring (bicyclic) bond motifs is 1. The number of methoxy groups -OCH3 is 1. The van der Waals surface area contributed by atoms with Crippen LogP contribution in [0.2, 0.25) is 0 Å². The first-order valence-corrected chi connectivity index (χ1v) is 8.30. The number of ether oxygens (including phenoxy) is 2. The average molecular weight is 362 g/mol. The molecular formula is C19H20F2N2O3. The highest BCUT2D eigenvalue weighted by Crippen LogP contribution is 2.35. The molecule has 1 atom stereocenters. The van der Waals surface area contributed by atoms with Gasteiger partial charge in [-0.1, -0.05) is 12.1 Å². The highest BCUT2D eigenvalue weighted by molar-refractivity contribution is 5.98. The zero-order valence-corrected chi connectivity index (χ0v) is 14.3. The van der Waals surface area contributed by atoms with Crippen molar-refractivity contribution in [1.29, 1.82) is 0 Å². The standard InChI is InChI=1S/C19H20F2N2O3/c1-25-16-7-3-5-14(17(16)26-19(20)21)18(24)23-15-6-2-4-11-10-12(22)8-9-13(11)15/h3,5,7-10,15,19H,2,4,6,22H2,1H3,(H,23,24). The molecule has 1 aliphatic carbocycles. The molecule has 0 fully saturated rings. The molecular weight excluding hydrogens is 342 g/mol. The summed E-state index contributed by atoms with van der Waals surface area (Å²) < 4.78 is 35.1. The predicted octanol–water partition coefficient (Wildman–Crippen LogP) is 3.69. The van der Waals surface area contributed by atoms with E-state index in [0.717, 1.165) is 30.4 Å². The number of anilines is 1. The molecule has 5 nitrogen and oxygen atoms in total. The summed E-state index contributed by atoms with van der Waals surface area (Å²) in [6.45, 7) is -3.06. The van der Waals surface area contributed by atoms with Crippen molar-refractivity contribution >= 4 is 11.6 Å². The second kappa shape index (κ2) is 7.59. The summed E-state index contributed by atoms with van der Waals surface area (Å²) in [6, 6.07) is 9.84. The Hall–Kier alpha value is -2.83. The van der Waals surface area contributed by atoms with Crippen LogP contribution in [-0.4, -0.2) is 19.6 Å². The Labute approximate surface area is 150 Å². The molecule has 26 heavy (non-hydrogen) atoms. The lowest BCUT2D eigenvalue weighted by molar-refractivity contribution is -0.0515. The fourth-order valence-electron chi connectivity index (χ4n) is 3.29. The number of halogens is 2. The molecule has 138 valence electrons. The number of nitrogens with one attached hydrogen (secondary N) is 1. The van der Waals surface area contributed by atoms with Gasteiger partial charge in [-0.05, 0) is 54.7 Å². The van der Waals surface area contributed by atoms with Gasteiger partial charge in [-0.3, -0.25) is 4.79 Å². The molecule has 0 aliphatic heterocycles. The quantitative estimate of drug-likeness (QED) is 0.796. The summed E-state index contributed by atoms with van der Waals surface area (Å²) in [7, 11) is 1.33. The molecule has 3 rings (SSSR count). The number of amides is 1. The number of nitrogen functional groups attached to an aromatic ring is 1. The molecule has 0 bridgehead atoms. The maximum Gasteiger partial charge on any atom is 0.387 e. The molecule has 7 heteroatoms. The van der Waals surface area contributed by atoms with Gasteiger partial charge in [0.15, 0.2) is 11.5 Å². The lowest BCUT2D eigenvalue weighted by atomic mass is 9.87. The van der Waals surface area contributed by atoms with Gasteiger partial charge in [0.1, 0.15) is 0 Å². The first-order chi connectivity index (χ1) is 12.5. The topological polar surface area (TPSA) is 73.6 Å². The minimum atomic E-state index is -3.06. The van der Waals surface area contributed by atoms with E-state index in [0.29, 0.717) is 5.69 Å². The molecule has 2 aromatic rings. The van der Waals surface area contributed by atoms with Crippen molar-refractivity contribution < 1.29 is 23.0 Å². The molecule has 0 aromatic heterocycles. The van der Waals surface area contributed by atoms with Crippen LogP contribution in [0.4, 0.5) is 14.5 Å². The van der Waals surface area contributed by atoms with Gasteiger partial charge in [-0.2, -0.15) is 8.78 Å². The molecule has 3 N–H and O–H groups in total. The Kier molecular flexibility index (Phi) is 5.25. The SMILES string of the molecule is COc1cccc(C(=O)NC2CCCc3cc(N)ccc32)c1OC(F)F. The average Bonchev–Trinajstić information content (AvgIpc) is 2.61. The summed E-state index contributed by atoms with van der Waals surface area (Å²) in [6.07, 6.45) is 2.56. The molecule has 0 heterocycles. The van der Waals surface area contributed by atoms with Crippen LogP contribution in [0.1, 0.15) is 40.4 Å². The number of carbonyl (C=O) groups is 1. The Morgan fingerprint density at radius 3 is 2.85 bits per heavy atom. The normalized spacial score (nSPS) is 16.1. The first-order valence-electron chi connectivity index (χ1n) is 8.30. The van der Waals surface area contributed by atoms with Crippen LogP contribution in [-0.2, 0) is 6.42 Å². The molecule has 0 spiro atoms. The van der Waals surface area contributed by atoms with Gasteiger partial charge in [0.2, 0.25) is 0 Å². The largest absolute Gasteiger partial charge is 0.493 e. The minimum Gasteiger partial charge on any atom is -0.493 e. The van der Waals surface area contributed by atoms with Crippen molar-refractivity contribution in [3.8, 4) is 11.5 Å². The third-order valence-corrected chi connectivity index (χ3v) is 4.44. The Balaban J connectivity index is 1.88. The van der Waals surface area contributed by atoms with Crippen molar-refractivity contribution in [3.05, 3.63) is 53.1 Å². The number of rotatable bonds is 5. The molecule has 2 aromatic carbocycles. The van der Waals surface area contributed by atoms with Crippen LogP contribution in [0.3, 0.4) is 0 Å². The van der Waals surface area contributed by atoms with Gasteiger partial charge < -0.3 is 20.5 Å². The highest BCUT2D eigenvalue weighted by atomic mass is 19.3. The number of nitrogens with two attached hydrogens (primary N) is 1. The minimum absolute atomic E-state index is 0.00668. The molecule has 0 radical (unpaired) electrons. The van der Waals surface area contributed by atoms with E-state index in [2.05, 4.69) is 10.1 Å². The Bertz CT molecular complexity index is 811. The Morgan fingerprint density at radius 2 is 2.12 bits per heavy atom. The zero-order chi connectivity index (χ0) is 18.7. The monoisotopic (exact) mass is 362 g/mol. The van der Waals surface area contributed by atoms with Gasteiger partial charge in [-0.15, -0.1) is 0 Å². The summed E-state index contributed by atoms with van der Waals surface area (Å²) in [5.74, 6) is -0.681. The van der Waals surface area contributed by atoms with Crippen molar-refractivity contribution in [2.75, 3.05) is 12.8 Å². The lowest BCUT2D eigenvalue weighted by Gasteiger charge is -2.27. The van der Waals surface area contributed by atoms with Crippen LogP contribution in [0.25, 0.3) is 0 Å². The summed E-state index contributed by atoms with van der Waals surface area (Å²) in [5.41, 5.74) is 8.60. The van der Waals surface area contributed by atoms with E-state index in [1.54, 1.807) is 12.1 Å². The van der Waals surface area contributed by atoms with Crippen molar-refractivity contribution in [2.24, 2.45) is 0 Å². The number of benzene rings is 2. The maximum absolute atomic E-state index is 12.8. The summed E-state index contributed by atoms with van der Waals surface area (Å²) >= 11 is 0.